The first-order valence-electron chi connectivity index (χ1n) is 8.12. The van der Waals surface area contributed by atoms with E-state index >= 15 is 0 Å². The van der Waals surface area contributed by atoms with Crippen LogP contribution in [0.3, 0.4) is 0 Å². The van der Waals surface area contributed by atoms with Gasteiger partial charge in [0.2, 0.25) is 0 Å². The number of benzene rings is 2. The van der Waals surface area contributed by atoms with E-state index in [1.807, 2.05) is 12.1 Å². The predicted molar refractivity (Wildman–Crippen MR) is 103 cm³/mol. The summed E-state index contributed by atoms with van der Waals surface area (Å²) in [5.74, 6) is 0.142. The molecule has 0 aliphatic heterocycles. The molecule has 0 saturated heterocycles. The van der Waals surface area contributed by atoms with Gasteiger partial charge in [-0.1, -0.05) is 29.8 Å². The van der Waals surface area contributed by atoms with Crippen molar-refractivity contribution in [1.82, 2.24) is 4.73 Å². The van der Waals surface area contributed by atoms with E-state index in [2.05, 4.69) is 5.32 Å². The van der Waals surface area contributed by atoms with Gasteiger partial charge in [0.25, 0.3) is 11.5 Å². The van der Waals surface area contributed by atoms with Crippen LogP contribution in [0.15, 0.2) is 71.7 Å². The van der Waals surface area contributed by atoms with Crippen molar-refractivity contribution < 1.29 is 14.4 Å². The summed E-state index contributed by atoms with van der Waals surface area (Å²) in [5.41, 5.74) is 0.690. The number of carbonyl (C=O) groups excluding carboxylic acids is 1. The molecule has 27 heavy (non-hydrogen) atoms. The van der Waals surface area contributed by atoms with Gasteiger partial charge in [0.05, 0.1) is 7.11 Å². The Labute approximate surface area is 160 Å². The quantitative estimate of drug-likeness (QED) is 0.707. The molecule has 0 unspecified atom stereocenters. The highest BCUT2D eigenvalue weighted by Gasteiger charge is 2.13. The number of ether oxygens (including phenoxy) is 1. The van der Waals surface area contributed by atoms with E-state index in [9.17, 15) is 9.59 Å². The van der Waals surface area contributed by atoms with Crippen LogP contribution in [0.1, 0.15) is 15.9 Å². The normalized spacial score (nSPS) is 10.3. The number of nitrogens with one attached hydrogen (secondary N) is 1. The lowest BCUT2D eigenvalue weighted by molar-refractivity contribution is 0.0864. The van der Waals surface area contributed by atoms with E-state index < -0.39 is 11.5 Å². The molecule has 7 heteroatoms. The van der Waals surface area contributed by atoms with E-state index in [-0.39, 0.29) is 12.2 Å². The maximum Gasteiger partial charge on any atom is 0.295 e. The number of hydrogen-bond acceptors (Lipinski definition) is 4. The molecule has 138 valence electrons. The number of nitrogens with zero attached hydrogens (tertiary/aromatic N) is 1. The minimum Gasteiger partial charge on any atom is -0.497 e. The van der Waals surface area contributed by atoms with Gasteiger partial charge >= 0.3 is 0 Å². The number of amides is 1. The molecule has 1 heterocycles. The molecule has 3 rings (SSSR count). The molecule has 0 spiro atoms. The van der Waals surface area contributed by atoms with E-state index in [0.29, 0.717) is 16.5 Å². The number of anilines is 1. The molecule has 0 fully saturated rings. The van der Waals surface area contributed by atoms with Gasteiger partial charge in [-0.05, 0) is 42.5 Å². The highest BCUT2D eigenvalue weighted by Crippen LogP contribution is 2.16. The standard InChI is InChI=1S/C20H17ClN2O4/c1-26-16-10-8-15(9-11-16)22-19(24)17-6-4-12-23(20(17)25)27-13-14-5-2-3-7-18(14)21/h2-12H,13H2,1H3,(H,22,24). The first-order valence-corrected chi connectivity index (χ1v) is 8.50. The summed E-state index contributed by atoms with van der Waals surface area (Å²) < 4.78 is 6.09. The molecule has 1 aromatic heterocycles. The van der Waals surface area contributed by atoms with Crippen LogP contribution in [-0.2, 0) is 6.61 Å². The monoisotopic (exact) mass is 384 g/mol. The predicted octanol–water partition coefficient (Wildman–Crippen LogP) is 3.39. The SMILES string of the molecule is COc1ccc(NC(=O)c2cccn(OCc3ccccc3Cl)c2=O)cc1. The van der Waals surface area contributed by atoms with E-state index in [1.54, 1.807) is 49.6 Å². The molecule has 3 aromatic rings. The van der Waals surface area contributed by atoms with Crippen LogP contribution < -0.4 is 20.5 Å². The Bertz CT molecular complexity index is 999. The van der Waals surface area contributed by atoms with Crippen LogP contribution in [0, 0.1) is 0 Å². The Balaban J connectivity index is 1.74. The average Bonchev–Trinajstić information content (AvgIpc) is 2.69. The van der Waals surface area contributed by atoms with Gasteiger partial charge in [-0.25, -0.2) is 0 Å². The number of carbonyl (C=O) groups is 1. The summed E-state index contributed by atoms with van der Waals surface area (Å²) in [5, 5.41) is 3.22. The van der Waals surface area contributed by atoms with Crippen LogP contribution in [-0.4, -0.2) is 17.7 Å². The summed E-state index contributed by atoms with van der Waals surface area (Å²) >= 11 is 6.08. The molecule has 2 aromatic carbocycles. The van der Waals surface area contributed by atoms with E-state index in [0.717, 1.165) is 10.3 Å². The average molecular weight is 385 g/mol. The van der Waals surface area contributed by atoms with Crippen LogP contribution in [0.2, 0.25) is 5.02 Å². The van der Waals surface area contributed by atoms with Crippen LogP contribution in [0.4, 0.5) is 5.69 Å². The lowest BCUT2D eigenvalue weighted by atomic mass is 10.2. The second-order valence-corrected chi connectivity index (χ2v) is 6.01. The van der Waals surface area contributed by atoms with Gasteiger partial charge in [-0.2, -0.15) is 4.73 Å². The first-order chi connectivity index (χ1) is 13.1. The molecule has 0 aliphatic carbocycles. The van der Waals surface area contributed by atoms with Crippen LogP contribution >= 0.6 is 11.6 Å². The summed E-state index contributed by atoms with van der Waals surface area (Å²) in [6, 6.07) is 17.0. The fraction of sp³-hybridized carbons (Fsp3) is 0.100. The molecular weight excluding hydrogens is 368 g/mol. The third-order valence-electron chi connectivity index (χ3n) is 3.82. The number of hydrogen-bond donors (Lipinski definition) is 1. The van der Waals surface area contributed by atoms with Crippen molar-refractivity contribution in [2.24, 2.45) is 0 Å². The Kier molecular flexibility index (Phi) is 5.78. The molecule has 0 aliphatic rings. The maximum absolute atomic E-state index is 12.5. The molecule has 1 amide bonds. The molecule has 6 nitrogen and oxygen atoms in total. The summed E-state index contributed by atoms with van der Waals surface area (Å²) in [4.78, 5) is 30.5. The van der Waals surface area contributed by atoms with Crippen molar-refractivity contribution in [2.75, 3.05) is 12.4 Å². The third kappa shape index (κ3) is 4.48. The smallest absolute Gasteiger partial charge is 0.295 e. The number of aromatic nitrogens is 1. The molecule has 1 N–H and O–H groups in total. The van der Waals surface area contributed by atoms with Gasteiger partial charge in [0.15, 0.2) is 0 Å². The van der Waals surface area contributed by atoms with Gasteiger partial charge < -0.3 is 14.9 Å². The topological polar surface area (TPSA) is 69.6 Å². The minimum absolute atomic E-state index is 0.0347. The Morgan fingerprint density at radius 1 is 1.07 bits per heavy atom. The summed E-state index contributed by atoms with van der Waals surface area (Å²) in [6.07, 6.45) is 1.45. The lowest BCUT2D eigenvalue weighted by Gasteiger charge is -2.11. The zero-order valence-electron chi connectivity index (χ0n) is 14.5. The molecule has 0 saturated carbocycles. The first kappa shape index (κ1) is 18.5. The third-order valence-corrected chi connectivity index (χ3v) is 4.19. The van der Waals surface area contributed by atoms with Crippen molar-refractivity contribution in [3.63, 3.8) is 0 Å². The fourth-order valence-electron chi connectivity index (χ4n) is 2.38. The molecule has 0 atom stereocenters. The van der Waals surface area contributed by atoms with Gasteiger partial charge in [0.1, 0.15) is 17.9 Å². The summed E-state index contributed by atoms with van der Waals surface area (Å²) in [6.45, 7) is 0.100. The Morgan fingerprint density at radius 3 is 2.52 bits per heavy atom. The van der Waals surface area contributed by atoms with Crippen molar-refractivity contribution in [3.8, 4) is 5.75 Å². The van der Waals surface area contributed by atoms with E-state index in [4.69, 9.17) is 21.2 Å². The maximum atomic E-state index is 12.5. The van der Waals surface area contributed by atoms with E-state index in [1.165, 1.54) is 12.3 Å². The second kappa shape index (κ2) is 8.42. The Morgan fingerprint density at radius 2 is 1.81 bits per heavy atom. The fourth-order valence-corrected chi connectivity index (χ4v) is 2.57. The summed E-state index contributed by atoms with van der Waals surface area (Å²) in [7, 11) is 1.56. The van der Waals surface area contributed by atoms with Crippen LogP contribution in [0.5, 0.6) is 5.75 Å². The van der Waals surface area contributed by atoms with Crippen molar-refractivity contribution in [2.45, 2.75) is 6.61 Å². The minimum atomic E-state index is -0.560. The highest BCUT2D eigenvalue weighted by atomic mass is 35.5. The Hall–Kier alpha value is -3.25. The van der Waals surface area contributed by atoms with Gasteiger partial charge in [0, 0.05) is 22.5 Å². The van der Waals surface area contributed by atoms with Crippen molar-refractivity contribution in [3.05, 3.63) is 93.4 Å². The molecule has 0 bridgehead atoms. The molecular formula is C20H17ClN2O4. The number of halogens is 1. The second-order valence-electron chi connectivity index (χ2n) is 5.60. The van der Waals surface area contributed by atoms with Crippen LogP contribution in [0.25, 0.3) is 0 Å². The number of pyridine rings is 1. The van der Waals surface area contributed by atoms with Gasteiger partial charge in [-0.15, -0.1) is 0 Å². The zero-order valence-corrected chi connectivity index (χ0v) is 15.3. The lowest BCUT2D eigenvalue weighted by Crippen LogP contribution is -2.32. The highest BCUT2D eigenvalue weighted by molar-refractivity contribution is 6.31. The zero-order chi connectivity index (χ0) is 19.2. The van der Waals surface area contributed by atoms with Crippen molar-refractivity contribution in [1.29, 1.82) is 0 Å². The largest absolute Gasteiger partial charge is 0.497 e. The number of methoxy groups -OCH3 is 1. The van der Waals surface area contributed by atoms with Gasteiger partial charge in [-0.3, -0.25) is 9.59 Å². The molecule has 0 radical (unpaired) electrons. The number of rotatable bonds is 6. The van der Waals surface area contributed by atoms with Crippen molar-refractivity contribution >= 4 is 23.2 Å².